The molecule has 224 valence electrons. The van der Waals surface area contributed by atoms with Crippen molar-refractivity contribution in [1.82, 2.24) is 10.0 Å². The fraction of sp³-hybridized carbons (Fsp3) is 0.188. The zero-order valence-corrected chi connectivity index (χ0v) is 23.9. The minimum atomic E-state index is -1.13. The molecule has 3 aliphatic rings. The molecule has 45 heavy (non-hydrogen) atoms. The number of hydrogen-bond donors (Lipinski definition) is 0. The highest BCUT2D eigenvalue weighted by Gasteiger charge is 2.55. The molecule has 3 heterocycles. The molecule has 0 aliphatic carbocycles. The summed E-state index contributed by atoms with van der Waals surface area (Å²) in [6.07, 6.45) is 0.449. The van der Waals surface area contributed by atoms with E-state index in [0.717, 1.165) is 32.5 Å². The van der Waals surface area contributed by atoms with Crippen LogP contribution >= 0.6 is 0 Å². The Kier molecular flexibility index (Phi) is 6.76. The van der Waals surface area contributed by atoms with Crippen LogP contribution in [0.4, 0.5) is 11.4 Å². The molecule has 3 atom stereocenters. The van der Waals surface area contributed by atoms with Crippen molar-refractivity contribution in [2.75, 3.05) is 18.6 Å². The first-order chi connectivity index (χ1) is 21.8. The molecule has 0 bridgehead atoms. The van der Waals surface area contributed by atoms with Crippen LogP contribution in [0.25, 0.3) is 10.8 Å². The van der Waals surface area contributed by atoms with Crippen LogP contribution in [0, 0.1) is 10.1 Å². The summed E-state index contributed by atoms with van der Waals surface area (Å²) >= 11 is 0. The Balaban J connectivity index is 1.17. The number of carbonyl (C=O) groups is 3. The molecule has 0 spiro atoms. The number of benzene rings is 4. The maximum Gasteiger partial charge on any atom is 0.269 e. The van der Waals surface area contributed by atoms with Crippen LogP contribution in [0.1, 0.15) is 23.6 Å². The van der Waals surface area contributed by atoms with Crippen LogP contribution in [0.3, 0.4) is 0 Å². The highest BCUT2D eigenvalue weighted by molar-refractivity contribution is 6.25. The molecular formula is C32H25N7O6. The number of amides is 3. The van der Waals surface area contributed by atoms with Crippen molar-refractivity contribution in [1.29, 1.82) is 0 Å². The Morgan fingerprint density at radius 2 is 1.69 bits per heavy atom. The number of carbonyl (C=O) groups excluding carboxylic acids is 3. The number of non-ortho nitro benzene ring substituents is 1. The van der Waals surface area contributed by atoms with Gasteiger partial charge < -0.3 is 4.74 Å². The molecule has 0 saturated carbocycles. The predicted molar refractivity (Wildman–Crippen MR) is 162 cm³/mol. The van der Waals surface area contributed by atoms with Gasteiger partial charge in [0.25, 0.3) is 23.4 Å². The van der Waals surface area contributed by atoms with E-state index in [2.05, 4.69) is 10.3 Å². The number of fused-ring (bicyclic) bond motifs is 2. The lowest BCUT2D eigenvalue weighted by atomic mass is 9.95. The summed E-state index contributed by atoms with van der Waals surface area (Å²) < 4.78 is 5.32. The second kappa shape index (κ2) is 10.9. The zero-order chi connectivity index (χ0) is 31.2. The minimum Gasteiger partial charge on any atom is -0.497 e. The van der Waals surface area contributed by atoms with E-state index in [1.54, 1.807) is 7.11 Å². The molecular weight excluding hydrogens is 578 g/mol. The molecule has 13 heteroatoms. The summed E-state index contributed by atoms with van der Waals surface area (Å²) in [5, 5.41) is 28.6. The first-order valence-electron chi connectivity index (χ1n) is 14.2. The zero-order valence-electron chi connectivity index (χ0n) is 23.9. The maximum atomic E-state index is 14.0. The Morgan fingerprint density at radius 1 is 0.956 bits per heavy atom. The van der Waals surface area contributed by atoms with Gasteiger partial charge in [-0.3, -0.25) is 29.5 Å². The van der Waals surface area contributed by atoms with E-state index >= 15 is 0 Å². The summed E-state index contributed by atoms with van der Waals surface area (Å²) in [5.74, 6) is -0.995. The maximum absolute atomic E-state index is 14.0. The van der Waals surface area contributed by atoms with Gasteiger partial charge in [0.05, 0.1) is 29.5 Å². The van der Waals surface area contributed by atoms with E-state index in [9.17, 15) is 24.5 Å². The summed E-state index contributed by atoms with van der Waals surface area (Å²) in [6.45, 7) is -0.350. The number of anilines is 1. The van der Waals surface area contributed by atoms with Crippen molar-refractivity contribution >= 4 is 45.6 Å². The van der Waals surface area contributed by atoms with Crippen molar-refractivity contribution < 1.29 is 24.0 Å². The summed E-state index contributed by atoms with van der Waals surface area (Å²) in [6, 6.07) is 23.7. The number of nitro benzene ring substituents is 1. The fourth-order valence-electron chi connectivity index (χ4n) is 6.01. The topological polar surface area (TPSA) is 150 Å². The van der Waals surface area contributed by atoms with Crippen LogP contribution < -0.4 is 9.64 Å². The van der Waals surface area contributed by atoms with Gasteiger partial charge in [-0.05, 0) is 40.6 Å². The van der Waals surface area contributed by atoms with Gasteiger partial charge in [0.1, 0.15) is 12.3 Å². The van der Waals surface area contributed by atoms with E-state index in [1.165, 1.54) is 34.3 Å². The molecule has 1 fully saturated rings. The van der Waals surface area contributed by atoms with E-state index in [0.29, 0.717) is 12.2 Å². The summed E-state index contributed by atoms with van der Waals surface area (Å²) in [5.41, 5.74) is 2.50. The third-order valence-electron chi connectivity index (χ3n) is 8.24. The van der Waals surface area contributed by atoms with Gasteiger partial charge in [-0.15, -0.1) is 0 Å². The molecule has 4 aromatic rings. The van der Waals surface area contributed by atoms with E-state index in [1.807, 2.05) is 66.7 Å². The second-order valence-corrected chi connectivity index (χ2v) is 10.8. The van der Waals surface area contributed by atoms with Gasteiger partial charge in [-0.25, -0.2) is 9.91 Å². The first kappa shape index (κ1) is 27.8. The molecule has 4 aromatic carbocycles. The van der Waals surface area contributed by atoms with Crippen molar-refractivity contribution in [3.8, 4) is 5.75 Å². The van der Waals surface area contributed by atoms with Crippen molar-refractivity contribution in [3.63, 3.8) is 0 Å². The van der Waals surface area contributed by atoms with Crippen LogP contribution in [-0.4, -0.2) is 64.1 Å². The second-order valence-electron chi connectivity index (χ2n) is 10.8. The quantitative estimate of drug-likeness (QED) is 0.172. The Hall–Kier alpha value is -5.98. The Bertz CT molecular complexity index is 1920. The molecule has 0 aromatic heterocycles. The van der Waals surface area contributed by atoms with Crippen LogP contribution in [-0.2, 0) is 14.4 Å². The lowest BCUT2D eigenvalue weighted by molar-refractivity contribution is -0.384. The van der Waals surface area contributed by atoms with E-state index in [4.69, 9.17) is 9.84 Å². The normalized spacial score (nSPS) is 20.6. The van der Waals surface area contributed by atoms with Crippen LogP contribution in [0.5, 0.6) is 5.75 Å². The molecule has 7 rings (SSSR count). The first-order valence-corrected chi connectivity index (χ1v) is 14.2. The number of nitro groups is 1. The Labute approximate surface area is 256 Å². The molecule has 0 radical (unpaired) electrons. The average Bonchev–Trinajstić information content (AvgIpc) is 3.76. The lowest BCUT2D eigenvalue weighted by Crippen LogP contribution is -2.44. The Morgan fingerprint density at radius 3 is 2.42 bits per heavy atom. The molecule has 13 nitrogen and oxygen atoms in total. The molecule has 3 aliphatic heterocycles. The smallest absolute Gasteiger partial charge is 0.269 e. The van der Waals surface area contributed by atoms with Gasteiger partial charge in [0.2, 0.25) is 0 Å². The highest BCUT2D eigenvalue weighted by atomic mass is 16.6. The van der Waals surface area contributed by atoms with Crippen LogP contribution in [0.15, 0.2) is 106 Å². The summed E-state index contributed by atoms with van der Waals surface area (Å²) in [7, 11) is 1.58. The number of hydrazone groups is 1. The lowest BCUT2D eigenvalue weighted by Gasteiger charge is -2.25. The number of hydrogen-bond acceptors (Lipinski definition) is 10. The van der Waals surface area contributed by atoms with Crippen molar-refractivity contribution in [2.45, 2.75) is 24.5 Å². The minimum absolute atomic E-state index is 0.176. The molecule has 1 saturated heterocycles. The monoisotopic (exact) mass is 603 g/mol. The van der Waals surface area contributed by atoms with E-state index < -0.39 is 40.8 Å². The van der Waals surface area contributed by atoms with E-state index in [-0.39, 0.29) is 17.9 Å². The largest absolute Gasteiger partial charge is 0.497 e. The number of methoxy groups -OCH3 is 1. The van der Waals surface area contributed by atoms with Crippen molar-refractivity contribution in [3.05, 3.63) is 112 Å². The van der Waals surface area contributed by atoms with Gasteiger partial charge in [-0.1, -0.05) is 59.8 Å². The number of ether oxygens (including phenoxy) is 1. The third-order valence-corrected chi connectivity index (χ3v) is 8.24. The molecule has 3 amide bonds. The third kappa shape index (κ3) is 4.74. The van der Waals surface area contributed by atoms with Gasteiger partial charge in [0, 0.05) is 24.1 Å². The predicted octanol–water partition coefficient (Wildman–Crippen LogP) is 4.43. The SMILES string of the molecule is COc1ccc(C2CC(c3cccc4ccccc34)=NN2C(=O)CN2N=NC3C(=O)N(c4ccc([N+](=O)[O-])cc4)C(=O)C32)cc1. The standard InChI is InChI=1S/C32H25N7O6/c1-45-23-15-9-20(10-16-23)27-17-26(25-8-4-6-19-5-2-3-7-24(19)25)34-38(27)28(40)18-36-30-29(33-35-36)31(41)37(32(30)42)21-11-13-22(14-12-21)39(43)44/h2-16,27,29-30H,17-18H2,1H3. The van der Waals surface area contributed by atoms with Gasteiger partial charge in [0.15, 0.2) is 12.1 Å². The number of nitrogens with zero attached hydrogens (tertiary/aromatic N) is 7. The number of imide groups is 1. The van der Waals surface area contributed by atoms with Crippen molar-refractivity contribution in [2.24, 2.45) is 15.4 Å². The number of rotatable bonds is 7. The highest BCUT2D eigenvalue weighted by Crippen LogP contribution is 2.37. The fourth-order valence-corrected chi connectivity index (χ4v) is 6.01. The van der Waals surface area contributed by atoms with Gasteiger partial charge in [-0.2, -0.15) is 10.2 Å². The summed E-state index contributed by atoms with van der Waals surface area (Å²) in [4.78, 5) is 52.0. The molecule has 0 N–H and O–H groups in total. The molecule has 3 unspecified atom stereocenters. The van der Waals surface area contributed by atoms with Crippen LogP contribution in [0.2, 0.25) is 0 Å². The average molecular weight is 604 g/mol. The van der Waals surface area contributed by atoms with Gasteiger partial charge >= 0.3 is 0 Å².